The molecule has 1 heterocycles. The van der Waals surface area contributed by atoms with Crippen LogP contribution in [0.15, 0.2) is 54.6 Å². The minimum atomic E-state index is -0.385. The van der Waals surface area contributed by atoms with Gasteiger partial charge in [0.15, 0.2) is 0 Å². The summed E-state index contributed by atoms with van der Waals surface area (Å²) in [6, 6.07) is 11.3. The van der Waals surface area contributed by atoms with Crippen molar-refractivity contribution in [1.29, 1.82) is 0 Å². The molecule has 146 valence electrons. The first-order chi connectivity index (χ1) is 13.2. The molecule has 2 rings (SSSR count). The van der Waals surface area contributed by atoms with E-state index in [9.17, 15) is 4.79 Å². The zero-order valence-corrected chi connectivity index (χ0v) is 16.4. The third-order valence-electron chi connectivity index (χ3n) is 3.79. The highest BCUT2D eigenvalue weighted by Crippen LogP contribution is 2.14. The number of benzene rings is 1. The normalized spacial score (nSPS) is 11.7. The first-order valence-corrected chi connectivity index (χ1v) is 9.31. The first kappa shape index (κ1) is 22.3. The number of methoxy groups -OCH3 is 1. The van der Waals surface area contributed by atoms with Crippen molar-refractivity contribution in [3.05, 3.63) is 60.1 Å². The van der Waals surface area contributed by atoms with E-state index in [1.165, 1.54) is 20.0 Å². The van der Waals surface area contributed by atoms with Gasteiger partial charge in [0.05, 0.1) is 19.5 Å². The van der Waals surface area contributed by atoms with Crippen molar-refractivity contribution in [3.8, 4) is 0 Å². The Morgan fingerprint density at radius 3 is 2.26 bits per heavy atom. The molecular weight excluding hydrogens is 342 g/mol. The molecule has 0 radical (unpaired) electrons. The molecule has 0 N–H and O–H groups in total. The van der Waals surface area contributed by atoms with Crippen molar-refractivity contribution in [3.63, 3.8) is 0 Å². The van der Waals surface area contributed by atoms with Crippen LogP contribution in [0, 0.1) is 0 Å². The predicted molar refractivity (Wildman–Crippen MR) is 106 cm³/mol. The van der Waals surface area contributed by atoms with E-state index < -0.39 is 0 Å². The van der Waals surface area contributed by atoms with Crippen LogP contribution in [0.2, 0.25) is 0 Å². The minimum absolute atomic E-state index is 0.0293. The van der Waals surface area contributed by atoms with Crippen LogP contribution in [0.4, 0.5) is 0 Å². The highest BCUT2D eigenvalue weighted by Gasteiger charge is 2.17. The molecule has 0 bridgehead atoms. The number of nitrogens with zero attached hydrogens (tertiary/aromatic N) is 3. The monoisotopic (exact) mass is 371 g/mol. The fraction of sp³-hybridized carbons (Fsp3) is 0.429. The molecule has 1 aromatic heterocycles. The molecule has 2 aromatic rings. The average Bonchev–Trinajstić information content (AvgIpc) is 2.73. The first-order valence-electron chi connectivity index (χ1n) is 9.31. The molecule has 0 aliphatic carbocycles. The standard InChI is InChI=1S/C18H26O3.C3H3N3/c1-4-6-8-13-16(5-2)21-18(19)17(20-3)14-15-11-9-7-10-12-15;1-2-4-6-5-3-1/h7,9-12,14,16H,4-6,8,13H2,1-3H3;1-3H. The van der Waals surface area contributed by atoms with Crippen molar-refractivity contribution in [2.24, 2.45) is 0 Å². The minimum Gasteiger partial charge on any atom is -0.490 e. The van der Waals surface area contributed by atoms with Gasteiger partial charge in [-0.05, 0) is 42.2 Å². The maximum atomic E-state index is 12.2. The predicted octanol–water partition coefficient (Wildman–Crippen LogP) is 4.45. The Kier molecular flexibility index (Phi) is 11.9. The van der Waals surface area contributed by atoms with Gasteiger partial charge in [-0.3, -0.25) is 0 Å². The van der Waals surface area contributed by atoms with Gasteiger partial charge in [0, 0.05) is 0 Å². The van der Waals surface area contributed by atoms with Gasteiger partial charge in [-0.15, -0.1) is 10.2 Å². The topological polar surface area (TPSA) is 74.2 Å². The van der Waals surface area contributed by atoms with E-state index in [1.807, 2.05) is 37.3 Å². The number of aromatic nitrogens is 3. The molecule has 1 unspecified atom stereocenters. The second-order valence-corrected chi connectivity index (χ2v) is 5.87. The van der Waals surface area contributed by atoms with Crippen LogP contribution in [0.3, 0.4) is 0 Å². The van der Waals surface area contributed by atoms with Gasteiger partial charge in [-0.1, -0.05) is 57.0 Å². The Labute approximate surface area is 161 Å². The Hall–Kier alpha value is -2.76. The quantitative estimate of drug-likeness (QED) is 0.281. The lowest BCUT2D eigenvalue weighted by molar-refractivity contribution is -0.148. The molecule has 27 heavy (non-hydrogen) atoms. The lowest BCUT2D eigenvalue weighted by Crippen LogP contribution is -2.19. The van der Waals surface area contributed by atoms with E-state index in [-0.39, 0.29) is 17.8 Å². The van der Waals surface area contributed by atoms with Crippen molar-refractivity contribution in [2.75, 3.05) is 7.11 Å². The lowest BCUT2D eigenvalue weighted by Gasteiger charge is -2.16. The van der Waals surface area contributed by atoms with Crippen molar-refractivity contribution in [2.45, 2.75) is 52.1 Å². The number of carbonyl (C=O) groups excluding carboxylic acids is 1. The van der Waals surface area contributed by atoms with Crippen LogP contribution in [-0.2, 0) is 14.3 Å². The fourth-order valence-electron chi connectivity index (χ4n) is 2.28. The Balaban J connectivity index is 0.000000511. The van der Waals surface area contributed by atoms with E-state index >= 15 is 0 Å². The summed E-state index contributed by atoms with van der Waals surface area (Å²) >= 11 is 0. The van der Waals surface area contributed by atoms with E-state index in [4.69, 9.17) is 9.47 Å². The molecule has 0 amide bonds. The van der Waals surface area contributed by atoms with Gasteiger partial charge in [0.1, 0.15) is 6.10 Å². The molecule has 6 nitrogen and oxygen atoms in total. The number of rotatable bonds is 9. The average molecular weight is 371 g/mol. The van der Waals surface area contributed by atoms with Crippen molar-refractivity contribution < 1.29 is 14.3 Å². The van der Waals surface area contributed by atoms with Crippen LogP contribution in [0.1, 0.15) is 51.5 Å². The molecule has 0 fully saturated rings. The SMILES string of the molecule is CCCCCC(CC)OC(=O)C(=Cc1ccccc1)OC.c1cnnnc1. The van der Waals surface area contributed by atoms with Gasteiger partial charge in [0.25, 0.3) is 0 Å². The summed E-state index contributed by atoms with van der Waals surface area (Å²) in [6.07, 6.45) is 10.0. The van der Waals surface area contributed by atoms with Gasteiger partial charge < -0.3 is 9.47 Å². The molecule has 6 heteroatoms. The van der Waals surface area contributed by atoms with Crippen LogP contribution < -0.4 is 0 Å². The van der Waals surface area contributed by atoms with Crippen LogP contribution in [0.25, 0.3) is 6.08 Å². The maximum absolute atomic E-state index is 12.2. The number of hydrogen-bond donors (Lipinski definition) is 0. The molecule has 1 atom stereocenters. The lowest BCUT2D eigenvalue weighted by atomic mass is 10.1. The second kappa shape index (κ2) is 14.4. The van der Waals surface area contributed by atoms with Gasteiger partial charge in [0.2, 0.25) is 5.76 Å². The Bertz CT molecular complexity index is 622. The largest absolute Gasteiger partial charge is 0.490 e. The smallest absolute Gasteiger partial charge is 0.373 e. The van der Waals surface area contributed by atoms with Crippen LogP contribution in [0.5, 0.6) is 0 Å². The number of carbonyl (C=O) groups is 1. The summed E-state index contributed by atoms with van der Waals surface area (Å²) in [4.78, 5) is 12.2. The van der Waals surface area contributed by atoms with Gasteiger partial charge in [-0.25, -0.2) is 4.79 Å². The Morgan fingerprint density at radius 2 is 1.78 bits per heavy atom. The highest BCUT2D eigenvalue weighted by molar-refractivity contribution is 5.91. The third-order valence-corrected chi connectivity index (χ3v) is 3.79. The second-order valence-electron chi connectivity index (χ2n) is 5.87. The molecule has 1 aromatic carbocycles. The zero-order valence-electron chi connectivity index (χ0n) is 16.4. The third kappa shape index (κ3) is 10.1. The molecular formula is C21H29N3O3. The summed E-state index contributed by atoms with van der Waals surface area (Å²) in [5.41, 5.74) is 0.922. The summed E-state index contributed by atoms with van der Waals surface area (Å²) in [7, 11) is 1.49. The van der Waals surface area contributed by atoms with E-state index in [0.29, 0.717) is 0 Å². The molecule has 0 aliphatic heterocycles. The van der Waals surface area contributed by atoms with Crippen LogP contribution >= 0.6 is 0 Å². The number of ether oxygens (including phenoxy) is 2. The molecule has 0 saturated carbocycles. The number of hydrogen-bond acceptors (Lipinski definition) is 6. The summed E-state index contributed by atoms with van der Waals surface area (Å²) < 4.78 is 10.7. The maximum Gasteiger partial charge on any atom is 0.373 e. The molecule has 0 saturated heterocycles. The van der Waals surface area contributed by atoms with E-state index in [0.717, 1.165) is 24.8 Å². The highest BCUT2D eigenvalue weighted by atomic mass is 16.6. The van der Waals surface area contributed by atoms with E-state index in [1.54, 1.807) is 24.5 Å². The van der Waals surface area contributed by atoms with E-state index in [2.05, 4.69) is 22.3 Å². The number of unbranched alkanes of at least 4 members (excludes halogenated alkanes) is 2. The zero-order chi connectivity index (χ0) is 19.7. The summed E-state index contributed by atoms with van der Waals surface area (Å²) in [5, 5.41) is 10.1. The molecule has 0 spiro atoms. The van der Waals surface area contributed by atoms with Gasteiger partial charge in [-0.2, -0.15) is 0 Å². The van der Waals surface area contributed by atoms with Crippen LogP contribution in [-0.4, -0.2) is 34.6 Å². The summed E-state index contributed by atoms with van der Waals surface area (Å²) in [5.74, 6) is -0.139. The molecule has 0 aliphatic rings. The van der Waals surface area contributed by atoms with Gasteiger partial charge >= 0.3 is 5.97 Å². The number of esters is 1. The van der Waals surface area contributed by atoms with Crippen molar-refractivity contribution >= 4 is 12.0 Å². The Morgan fingerprint density at radius 1 is 1.07 bits per heavy atom. The van der Waals surface area contributed by atoms with Crippen molar-refractivity contribution in [1.82, 2.24) is 15.4 Å². The fourth-order valence-corrected chi connectivity index (χ4v) is 2.28. The summed E-state index contributed by atoms with van der Waals surface area (Å²) in [6.45, 7) is 4.20.